The molecule has 0 atom stereocenters. The zero-order valence-electron chi connectivity index (χ0n) is 57.7. The number of anilines is 3. The Kier molecular flexibility index (Phi) is 18.0. The van der Waals surface area contributed by atoms with Crippen molar-refractivity contribution in [3.05, 3.63) is 381 Å². The average molecular weight is 1570 g/mol. The quantitative estimate of drug-likeness (QED) is 0.123. The minimum atomic E-state index is 0. The van der Waals surface area contributed by atoms with Gasteiger partial charge in [0.15, 0.2) is 0 Å². The van der Waals surface area contributed by atoms with Gasteiger partial charge in [-0.15, -0.1) is 0 Å². The number of para-hydroxylation sites is 6. The van der Waals surface area contributed by atoms with Gasteiger partial charge in [-0.25, -0.2) is 0 Å². The minimum absolute atomic E-state index is 0. The Labute approximate surface area is 637 Å². The molecule has 0 saturated heterocycles. The van der Waals surface area contributed by atoms with E-state index in [1.807, 2.05) is 12.1 Å². The third-order valence-corrected chi connectivity index (χ3v) is 22.2. The second-order valence-electron chi connectivity index (χ2n) is 27.8. The number of nitrogens with zero attached hydrogens (tertiary/aromatic N) is 3. The zero-order valence-corrected chi connectivity index (χ0v) is 62.0. The molecule has 2 aliphatic carbocycles. The second-order valence-corrected chi connectivity index (χ2v) is 30.3. The molecular weight excluding hydrogens is 1490 g/mol. The summed E-state index contributed by atoms with van der Waals surface area (Å²) in [6.07, 6.45) is 0. The summed E-state index contributed by atoms with van der Waals surface area (Å²) in [5.41, 5.74) is 35.9. The first-order valence-corrected chi connectivity index (χ1v) is 37.3. The van der Waals surface area contributed by atoms with Gasteiger partial charge in [0, 0.05) is 85.8 Å². The van der Waals surface area contributed by atoms with E-state index in [-0.39, 0.29) is 19.7 Å². The Hall–Kier alpha value is -11.2. The van der Waals surface area contributed by atoms with Crippen LogP contribution in [0.3, 0.4) is 0 Å². The predicted molar refractivity (Wildman–Crippen MR) is 463 cm³/mol. The molecule has 506 valence electrons. The number of benzene rings is 15. The molecule has 0 aliphatic heterocycles. The SMILES string of the molecule is C.CC1(C)c2ccccc2-c2ccc(-c3ccc(N)cc3)cc21.CC1(C)c2ccccc2-c2ccc(-c3ccc(Nc4ccc5c(c4)c4ccccc4n5-c4ccccc4)cc3)cc21.Ic1ccc2c(c1)c1ccccc1n2-c1ccccc1.Ic1ccc2c(c1)c1ccccc1n2-c1ccccc1.[HH]. The summed E-state index contributed by atoms with van der Waals surface area (Å²) in [6.45, 7) is 9.29. The van der Waals surface area contributed by atoms with Crippen molar-refractivity contribution >= 4 is 128 Å². The molecule has 0 saturated carbocycles. The van der Waals surface area contributed by atoms with E-state index in [1.54, 1.807) is 0 Å². The number of fused-ring (bicyclic) bond motifs is 15. The zero-order chi connectivity index (χ0) is 69.9. The van der Waals surface area contributed by atoms with E-state index >= 15 is 0 Å². The normalized spacial score (nSPS) is 12.6. The second kappa shape index (κ2) is 27.8. The number of aromatic nitrogens is 3. The minimum Gasteiger partial charge on any atom is -0.399 e. The van der Waals surface area contributed by atoms with Crippen LogP contribution in [0.5, 0.6) is 0 Å². The van der Waals surface area contributed by atoms with Crippen molar-refractivity contribution in [2.75, 3.05) is 11.1 Å². The molecule has 0 unspecified atom stereocenters. The molecule has 0 spiro atoms. The fraction of sp³-hybridized carbons (Fsp3) is 0.0722. The van der Waals surface area contributed by atoms with Gasteiger partial charge in [-0.2, -0.15) is 0 Å². The third kappa shape index (κ3) is 12.2. The van der Waals surface area contributed by atoms with Crippen LogP contribution in [-0.2, 0) is 10.8 Å². The molecule has 3 heterocycles. The molecule has 18 aromatic rings. The summed E-state index contributed by atoms with van der Waals surface area (Å²) in [5.74, 6) is 0. The average Bonchev–Trinajstić information content (AvgIpc) is 1.61. The standard InChI is InChI=1S/C39H30N2.C21H19N.2C18H12IN.CH4.H2/c1-39(2)35-14-8-6-12-31(35)32-22-18-27(24-36(32)39)26-16-19-28(20-17-26)40-29-21-23-38-34(25-29)33-13-7-9-15-37(33)41(38)30-10-4-3-5-11-30;1-21(2)19-6-4-3-5-17(19)18-12-9-15(13-20(18)21)14-7-10-16(22)11-8-14;2*19-13-10-11-18-16(12-13)15-8-4-5-9-17(15)20(18)14-6-2-1-3-7-14;;/h3-25,40H,1-2H3;3-13H,22H2,1-2H3;2*1-12H;1H4;1H. The molecule has 0 bridgehead atoms. The maximum absolute atomic E-state index is 5.80. The van der Waals surface area contributed by atoms with E-state index in [0.29, 0.717) is 0 Å². The van der Waals surface area contributed by atoms with E-state index in [0.717, 1.165) is 17.1 Å². The smallest absolute Gasteiger partial charge is 0.0542 e. The number of hydrogen-bond donors (Lipinski definition) is 2. The van der Waals surface area contributed by atoms with Gasteiger partial charge >= 0.3 is 0 Å². The van der Waals surface area contributed by atoms with Gasteiger partial charge in [0.2, 0.25) is 0 Å². The first-order chi connectivity index (χ1) is 50.3. The lowest BCUT2D eigenvalue weighted by molar-refractivity contribution is 0.660. The highest BCUT2D eigenvalue weighted by atomic mass is 127. The lowest BCUT2D eigenvalue weighted by Crippen LogP contribution is -2.14. The predicted octanol–water partition coefficient (Wildman–Crippen LogP) is 27.4. The number of rotatable bonds is 7. The molecule has 20 rings (SSSR count). The topological polar surface area (TPSA) is 52.8 Å². The van der Waals surface area contributed by atoms with Crippen LogP contribution < -0.4 is 11.1 Å². The molecular formula is C97H79I2N5. The molecule has 0 fully saturated rings. The van der Waals surface area contributed by atoms with Crippen molar-refractivity contribution in [2.45, 2.75) is 46.0 Å². The van der Waals surface area contributed by atoms with Crippen LogP contribution in [0.15, 0.2) is 352 Å². The highest BCUT2D eigenvalue weighted by Crippen LogP contribution is 2.51. The van der Waals surface area contributed by atoms with Crippen LogP contribution in [0.25, 0.3) is 127 Å². The summed E-state index contributed by atoms with van der Waals surface area (Å²) in [5, 5.41) is 11.4. The molecule has 104 heavy (non-hydrogen) atoms. The van der Waals surface area contributed by atoms with Crippen LogP contribution in [-0.4, -0.2) is 13.7 Å². The summed E-state index contributed by atoms with van der Waals surface area (Å²) in [7, 11) is 0. The van der Waals surface area contributed by atoms with Crippen molar-refractivity contribution in [2.24, 2.45) is 0 Å². The molecule has 2 aliphatic rings. The Balaban J connectivity index is 0.000000118. The fourth-order valence-electron chi connectivity index (χ4n) is 15.9. The van der Waals surface area contributed by atoms with Gasteiger partial charge in [0.25, 0.3) is 0 Å². The van der Waals surface area contributed by atoms with Gasteiger partial charge in [-0.05, 0) is 258 Å². The van der Waals surface area contributed by atoms with Crippen LogP contribution in [0.1, 0.15) is 58.8 Å². The summed E-state index contributed by atoms with van der Waals surface area (Å²) in [6, 6.07) is 126. The van der Waals surface area contributed by atoms with E-state index in [4.69, 9.17) is 5.73 Å². The number of nitrogens with one attached hydrogen (secondary N) is 1. The first-order valence-electron chi connectivity index (χ1n) is 35.1. The number of nitrogens with two attached hydrogens (primary N) is 1. The highest BCUT2D eigenvalue weighted by molar-refractivity contribution is 14.1. The van der Waals surface area contributed by atoms with Crippen molar-refractivity contribution in [3.8, 4) is 61.6 Å². The van der Waals surface area contributed by atoms with E-state index in [9.17, 15) is 0 Å². The van der Waals surface area contributed by atoms with Crippen molar-refractivity contribution in [1.29, 1.82) is 0 Å². The lowest BCUT2D eigenvalue weighted by Gasteiger charge is -2.22. The molecule has 0 radical (unpaired) electrons. The number of hydrogen-bond acceptors (Lipinski definition) is 2. The van der Waals surface area contributed by atoms with Crippen molar-refractivity contribution in [3.63, 3.8) is 0 Å². The third-order valence-electron chi connectivity index (χ3n) is 20.9. The molecule has 3 N–H and O–H groups in total. The molecule has 5 nitrogen and oxygen atoms in total. The first kappa shape index (κ1) is 67.3. The Morgan fingerprint density at radius 1 is 0.269 bits per heavy atom. The van der Waals surface area contributed by atoms with Crippen molar-refractivity contribution < 1.29 is 1.43 Å². The maximum atomic E-state index is 5.80. The monoisotopic (exact) mass is 1570 g/mol. The Bertz CT molecular complexity index is 6080. The largest absolute Gasteiger partial charge is 0.399 e. The maximum Gasteiger partial charge on any atom is 0.0542 e. The van der Waals surface area contributed by atoms with Gasteiger partial charge in [-0.1, -0.05) is 241 Å². The summed E-state index contributed by atoms with van der Waals surface area (Å²) >= 11 is 4.75. The Morgan fingerprint density at radius 2 is 0.577 bits per heavy atom. The lowest BCUT2D eigenvalue weighted by atomic mass is 9.81. The highest BCUT2D eigenvalue weighted by Gasteiger charge is 2.36. The van der Waals surface area contributed by atoms with Gasteiger partial charge in [0.1, 0.15) is 0 Å². The Morgan fingerprint density at radius 3 is 0.990 bits per heavy atom. The van der Waals surface area contributed by atoms with Crippen LogP contribution in [0.2, 0.25) is 0 Å². The van der Waals surface area contributed by atoms with Crippen LogP contribution in [0.4, 0.5) is 17.1 Å². The summed E-state index contributed by atoms with van der Waals surface area (Å²) < 4.78 is 9.55. The van der Waals surface area contributed by atoms with Gasteiger partial charge in [0.05, 0.1) is 33.1 Å². The van der Waals surface area contributed by atoms with Gasteiger partial charge in [-0.3, -0.25) is 0 Å². The number of halogens is 2. The molecule has 7 heteroatoms. The fourth-order valence-corrected chi connectivity index (χ4v) is 16.8. The van der Waals surface area contributed by atoms with Crippen molar-refractivity contribution in [1.82, 2.24) is 13.7 Å². The van der Waals surface area contributed by atoms with E-state index in [1.165, 1.54) is 156 Å². The van der Waals surface area contributed by atoms with Gasteiger partial charge < -0.3 is 24.8 Å². The van der Waals surface area contributed by atoms with E-state index < -0.39 is 0 Å². The molecule has 0 amide bonds. The molecule has 15 aromatic carbocycles. The van der Waals surface area contributed by atoms with Crippen LogP contribution in [0, 0.1) is 7.14 Å². The van der Waals surface area contributed by atoms with E-state index in [2.05, 4.69) is 432 Å². The number of nitrogen functional groups attached to an aromatic ring is 1. The summed E-state index contributed by atoms with van der Waals surface area (Å²) in [4.78, 5) is 0. The molecule has 3 aromatic heterocycles. The van der Waals surface area contributed by atoms with Crippen LogP contribution >= 0.6 is 45.2 Å².